The van der Waals surface area contributed by atoms with Crippen LogP contribution in [0.1, 0.15) is 27.9 Å². The number of amides is 1. The Bertz CT molecular complexity index is 885. The first-order valence-corrected chi connectivity index (χ1v) is 8.95. The lowest BCUT2D eigenvalue weighted by molar-refractivity contribution is 0.102. The third-order valence-electron chi connectivity index (χ3n) is 3.99. The van der Waals surface area contributed by atoms with Crippen molar-refractivity contribution >= 4 is 22.9 Å². The van der Waals surface area contributed by atoms with Gasteiger partial charge in [-0.15, -0.1) is 11.3 Å². The molecule has 1 amide bonds. The van der Waals surface area contributed by atoms with Crippen molar-refractivity contribution in [2.75, 3.05) is 12.4 Å². The zero-order chi connectivity index (χ0) is 17.8. The van der Waals surface area contributed by atoms with Gasteiger partial charge in [0, 0.05) is 11.3 Å². The van der Waals surface area contributed by atoms with Crippen LogP contribution in [-0.2, 0) is 6.42 Å². The van der Waals surface area contributed by atoms with Crippen LogP contribution in [0.4, 0.5) is 5.69 Å². The van der Waals surface area contributed by atoms with Crippen molar-refractivity contribution in [1.82, 2.24) is 4.98 Å². The summed E-state index contributed by atoms with van der Waals surface area (Å²) in [7, 11) is 1.64. The second-order valence-electron chi connectivity index (χ2n) is 5.63. The van der Waals surface area contributed by atoms with E-state index in [1.54, 1.807) is 7.11 Å². The first-order valence-electron chi connectivity index (χ1n) is 8.13. The van der Waals surface area contributed by atoms with Gasteiger partial charge in [-0.25, -0.2) is 4.98 Å². The Morgan fingerprint density at radius 2 is 1.88 bits per heavy atom. The maximum atomic E-state index is 12.7. The van der Waals surface area contributed by atoms with Gasteiger partial charge in [-0.05, 0) is 49.2 Å². The summed E-state index contributed by atoms with van der Waals surface area (Å²) >= 11 is 1.40. The fourth-order valence-electron chi connectivity index (χ4n) is 2.59. The van der Waals surface area contributed by atoms with E-state index in [2.05, 4.69) is 17.2 Å². The normalized spacial score (nSPS) is 10.5. The van der Waals surface area contributed by atoms with Crippen LogP contribution >= 0.6 is 11.3 Å². The predicted octanol–water partition coefficient (Wildman–Crippen LogP) is 4.94. The molecule has 5 heteroatoms. The standard InChI is InChI=1S/C20H20N2O2S/c1-4-14-7-5-6-8-17(14)22-19(23)18-13(2)21-20(25-18)15-9-11-16(24-3)12-10-15/h5-12H,4H2,1-3H3,(H,22,23). The van der Waals surface area contributed by atoms with E-state index in [0.29, 0.717) is 4.88 Å². The molecule has 1 aromatic heterocycles. The molecule has 0 saturated carbocycles. The highest BCUT2D eigenvalue weighted by Crippen LogP contribution is 2.30. The van der Waals surface area contributed by atoms with Crippen molar-refractivity contribution in [1.29, 1.82) is 0 Å². The molecule has 0 radical (unpaired) electrons. The Morgan fingerprint density at radius 1 is 1.16 bits per heavy atom. The number of rotatable bonds is 5. The molecule has 0 bridgehead atoms. The number of para-hydroxylation sites is 1. The first kappa shape index (κ1) is 17.2. The Morgan fingerprint density at radius 3 is 2.56 bits per heavy atom. The Labute approximate surface area is 151 Å². The lowest BCUT2D eigenvalue weighted by atomic mass is 10.1. The fourth-order valence-corrected chi connectivity index (χ4v) is 3.56. The second kappa shape index (κ2) is 7.49. The number of carbonyl (C=O) groups is 1. The van der Waals surface area contributed by atoms with Crippen LogP contribution in [0.15, 0.2) is 48.5 Å². The molecule has 0 spiro atoms. The quantitative estimate of drug-likeness (QED) is 0.707. The number of methoxy groups -OCH3 is 1. The largest absolute Gasteiger partial charge is 0.497 e. The van der Waals surface area contributed by atoms with E-state index in [0.717, 1.165) is 39.7 Å². The zero-order valence-electron chi connectivity index (χ0n) is 14.5. The summed E-state index contributed by atoms with van der Waals surface area (Å²) in [5.41, 5.74) is 3.69. The minimum atomic E-state index is -0.115. The molecule has 0 aliphatic heterocycles. The van der Waals surface area contributed by atoms with Gasteiger partial charge in [-0.1, -0.05) is 25.1 Å². The molecule has 0 aliphatic carbocycles. The minimum absolute atomic E-state index is 0.115. The molecule has 2 aromatic carbocycles. The molecular weight excluding hydrogens is 332 g/mol. The Hall–Kier alpha value is -2.66. The number of nitrogens with zero attached hydrogens (tertiary/aromatic N) is 1. The van der Waals surface area contributed by atoms with Gasteiger partial charge < -0.3 is 10.1 Å². The van der Waals surface area contributed by atoms with Gasteiger partial charge in [0.2, 0.25) is 0 Å². The molecule has 3 aromatic rings. The maximum Gasteiger partial charge on any atom is 0.267 e. The third-order valence-corrected chi connectivity index (χ3v) is 5.19. The summed E-state index contributed by atoms with van der Waals surface area (Å²) in [4.78, 5) is 17.9. The van der Waals surface area contributed by atoms with Crippen molar-refractivity contribution < 1.29 is 9.53 Å². The molecule has 0 aliphatic rings. The average molecular weight is 352 g/mol. The van der Waals surface area contributed by atoms with Crippen LogP contribution < -0.4 is 10.1 Å². The smallest absolute Gasteiger partial charge is 0.267 e. The molecule has 0 fully saturated rings. The summed E-state index contributed by atoms with van der Waals surface area (Å²) in [5, 5.41) is 3.84. The van der Waals surface area contributed by atoms with E-state index >= 15 is 0 Å². The van der Waals surface area contributed by atoms with Gasteiger partial charge in [0.15, 0.2) is 0 Å². The van der Waals surface area contributed by atoms with Gasteiger partial charge >= 0.3 is 0 Å². The van der Waals surface area contributed by atoms with Crippen molar-refractivity contribution in [2.24, 2.45) is 0 Å². The van der Waals surface area contributed by atoms with Crippen LogP contribution in [0.3, 0.4) is 0 Å². The number of aryl methyl sites for hydroxylation is 2. The molecule has 0 atom stereocenters. The van der Waals surface area contributed by atoms with Crippen molar-refractivity contribution in [3.05, 3.63) is 64.7 Å². The molecule has 25 heavy (non-hydrogen) atoms. The summed E-state index contributed by atoms with van der Waals surface area (Å²) in [5.74, 6) is 0.682. The summed E-state index contributed by atoms with van der Waals surface area (Å²) in [6.07, 6.45) is 0.870. The van der Waals surface area contributed by atoms with Gasteiger partial charge in [0.1, 0.15) is 15.6 Å². The van der Waals surface area contributed by atoms with Crippen molar-refractivity contribution in [3.63, 3.8) is 0 Å². The van der Waals surface area contributed by atoms with E-state index in [1.807, 2.05) is 55.5 Å². The van der Waals surface area contributed by atoms with Crippen molar-refractivity contribution in [2.45, 2.75) is 20.3 Å². The second-order valence-corrected chi connectivity index (χ2v) is 6.63. The van der Waals surface area contributed by atoms with Gasteiger partial charge in [-0.2, -0.15) is 0 Å². The average Bonchev–Trinajstić information content (AvgIpc) is 3.04. The molecule has 4 nitrogen and oxygen atoms in total. The number of hydrogen-bond acceptors (Lipinski definition) is 4. The fraction of sp³-hybridized carbons (Fsp3) is 0.200. The van der Waals surface area contributed by atoms with E-state index < -0.39 is 0 Å². The topological polar surface area (TPSA) is 51.2 Å². The van der Waals surface area contributed by atoms with E-state index in [9.17, 15) is 4.79 Å². The highest BCUT2D eigenvalue weighted by atomic mass is 32.1. The van der Waals surface area contributed by atoms with E-state index in [-0.39, 0.29) is 5.91 Å². The Kier molecular flexibility index (Phi) is 5.14. The summed E-state index contributed by atoms with van der Waals surface area (Å²) in [6, 6.07) is 15.5. The zero-order valence-corrected chi connectivity index (χ0v) is 15.3. The lowest BCUT2D eigenvalue weighted by Crippen LogP contribution is -2.12. The number of anilines is 1. The highest BCUT2D eigenvalue weighted by molar-refractivity contribution is 7.17. The molecule has 128 valence electrons. The van der Waals surface area contributed by atoms with Crippen molar-refractivity contribution in [3.8, 4) is 16.3 Å². The SMILES string of the molecule is CCc1ccccc1NC(=O)c1sc(-c2ccc(OC)cc2)nc1C. The van der Waals surface area contributed by atoms with Crippen LogP contribution in [-0.4, -0.2) is 18.0 Å². The van der Waals surface area contributed by atoms with Crippen LogP contribution in [0.2, 0.25) is 0 Å². The highest BCUT2D eigenvalue weighted by Gasteiger charge is 2.17. The summed E-state index contributed by atoms with van der Waals surface area (Å²) in [6.45, 7) is 3.94. The van der Waals surface area contributed by atoms with Crippen LogP contribution in [0.5, 0.6) is 5.75 Å². The van der Waals surface area contributed by atoms with Gasteiger partial charge in [-0.3, -0.25) is 4.79 Å². The third kappa shape index (κ3) is 3.72. The van der Waals surface area contributed by atoms with Gasteiger partial charge in [0.25, 0.3) is 5.91 Å². The van der Waals surface area contributed by atoms with Crippen LogP contribution in [0, 0.1) is 6.92 Å². The van der Waals surface area contributed by atoms with Crippen LogP contribution in [0.25, 0.3) is 10.6 Å². The number of thiazole rings is 1. The summed E-state index contributed by atoms with van der Waals surface area (Å²) < 4.78 is 5.18. The number of ether oxygens (including phenoxy) is 1. The number of carbonyl (C=O) groups excluding carboxylic acids is 1. The number of nitrogens with one attached hydrogen (secondary N) is 1. The number of hydrogen-bond donors (Lipinski definition) is 1. The van der Waals surface area contributed by atoms with Gasteiger partial charge in [0.05, 0.1) is 12.8 Å². The first-order chi connectivity index (χ1) is 12.1. The predicted molar refractivity (Wildman–Crippen MR) is 103 cm³/mol. The lowest BCUT2D eigenvalue weighted by Gasteiger charge is -2.08. The number of benzene rings is 2. The maximum absolute atomic E-state index is 12.7. The molecule has 1 heterocycles. The number of aromatic nitrogens is 1. The minimum Gasteiger partial charge on any atom is -0.497 e. The molecule has 1 N–H and O–H groups in total. The monoisotopic (exact) mass is 352 g/mol. The van der Waals surface area contributed by atoms with E-state index in [1.165, 1.54) is 11.3 Å². The molecule has 3 rings (SSSR count). The molecule has 0 saturated heterocycles. The Balaban J connectivity index is 1.85. The molecular formula is C20H20N2O2S. The molecule has 0 unspecified atom stereocenters. The van der Waals surface area contributed by atoms with E-state index in [4.69, 9.17) is 4.74 Å².